The van der Waals surface area contributed by atoms with Crippen molar-refractivity contribution in [2.24, 2.45) is 0 Å². The van der Waals surface area contributed by atoms with Gasteiger partial charge in [0.1, 0.15) is 0 Å². The molecule has 2 heterocycles. The first-order valence-electron chi connectivity index (χ1n) is 9.39. The summed E-state index contributed by atoms with van der Waals surface area (Å²) in [5.74, 6) is 0.135. The third-order valence-corrected chi connectivity index (χ3v) is 5.28. The number of nitrogens with one attached hydrogen (secondary N) is 1. The number of likely N-dealkylation sites (tertiary alicyclic amines) is 1. The van der Waals surface area contributed by atoms with Crippen LogP contribution >= 0.6 is 0 Å². The molecule has 0 aromatic heterocycles. The van der Waals surface area contributed by atoms with Crippen LogP contribution in [-0.2, 0) is 14.3 Å². The van der Waals surface area contributed by atoms with Gasteiger partial charge in [-0.2, -0.15) is 0 Å². The summed E-state index contributed by atoms with van der Waals surface area (Å²) in [4.78, 5) is 14.8. The summed E-state index contributed by atoms with van der Waals surface area (Å²) < 4.78 is 11.5. The molecule has 0 unspecified atom stereocenters. The zero-order valence-electron chi connectivity index (χ0n) is 15.6. The molecule has 0 saturated carbocycles. The van der Waals surface area contributed by atoms with Gasteiger partial charge in [-0.05, 0) is 24.0 Å². The van der Waals surface area contributed by atoms with Crippen molar-refractivity contribution in [3.63, 3.8) is 0 Å². The number of amides is 1. The van der Waals surface area contributed by atoms with Crippen molar-refractivity contribution in [2.45, 2.75) is 51.7 Å². The number of piperidine rings is 1. The Kier molecular flexibility index (Phi) is 5.77. The molecule has 2 fully saturated rings. The second-order valence-corrected chi connectivity index (χ2v) is 7.44. The number of para-hydroxylation sites is 1. The van der Waals surface area contributed by atoms with Crippen LogP contribution in [-0.4, -0.2) is 49.4 Å². The normalized spacial score (nSPS) is 20.3. The molecule has 1 spiro atoms. The summed E-state index contributed by atoms with van der Waals surface area (Å²) in [5, 5.41) is 3.13. The fourth-order valence-electron chi connectivity index (χ4n) is 3.71. The average Bonchev–Trinajstić information content (AvgIpc) is 3.04. The third kappa shape index (κ3) is 4.40. The highest BCUT2D eigenvalue weighted by atomic mass is 16.7. The molecule has 2 aliphatic heterocycles. The molecular formula is C20H30N2O3. The minimum absolute atomic E-state index is 0.0878. The van der Waals surface area contributed by atoms with Gasteiger partial charge < -0.3 is 19.7 Å². The molecular weight excluding hydrogens is 316 g/mol. The van der Waals surface area contributed by atoms with Crippen molar-refractivity contribution in [2.75, 3.05) is 38.2 Å². The molecule has 1 aromatic carbocycles. The summed E-state index contributed by atoms with van der Waals surface area (Å²) in [5.41, 5.74) is 3.30. The SMILES string of the molecule is Cc1cccc(C(C)C)c1NC(=O)CCN1CCC2(CC1)OCCO2. The lowest BCUT2D eigenvalue weighted by molar-refractivity contribution is -0.185. The van der Waals surface area contributed by atoms with Crippen molar-refractivity contribution in [3.8, 4) is 0 Å². The van der Waals surface area contributed by atoms with Gasteiger partial charge in [0.25, 0.3) is 0 Å². The van der Waals surface area contributed by atoms with E-state index in [1.54, 1.807) is 0 Å². The molecule has 1 amide bonds. The van der Waals surface area contributed by atoms with Crippen LogP contribution in [0.1, 0.15) is 50.2 Å². The molecule has 3 rings (SSSR count). The molecule has 138 valence electrons. The van der Waals surface area contributed by atoms with Gasteiger partial charge in [0.05, 0.1) is 13.2 Å². The molecule has 0 aliphatic carbocycles. The van der Waals surface area contributed by atoms with Crippen molar-refractivity contribution in [1.82, 2.24) is 4.90 Å². The smallest absolute Gasteiger partial charge is 0.225 e. The summed E-state index contributed by atoms with van der Waals surface area (Å²) in [6.45, 7) is 10.4. The van der Waals surface area contributed by atoms with Crippen LogP contribution in [0.15, 0.2) is 18.2 Å². The van der Waals surface area contributed by atoms with Crippen LogP contribution in [0.4, 0.5) is 5.69 Å². The summed E-state index contributed by atoms with van der Waals surface area (Å²) in [6, 6.07) is 6.20. The number of anilines is 1. The fraction of sp³-hybridized carbons (Fsp3) is 0.650. The van der Waals surface area contributed by atoms with Crippen molar-refractivity contribution in [1.29, 1.82) is 0 Å². The fourth-order valence-corrected chi connectivity index (χ4v) is 3.71. The molecule has 5 nitrogen and oxygen atoms in total. The van der Waals surface area contributed by atoms with E-state index in [1.165, 1.54) is 5.56 Å². The highest BCUT2D eigenvalue weighted by molar-refractivity contribution is 5.92. The number of benzene rings is 1. The number of nitrogens with zero attached hydrogens (tertiary/aromatic N) is 1. The van der Waals surface area contributed by atoms with E-state index in [4.69, 9.17) is 9.47 Å². The lowest BCUT2D eigenvalue weighted by Crippen LogP contribution is -2.45. The van der Waals surface area contributed by atoms with Crippen LogP contribution in [0.25, 0.3) is 0 Å². The van der Waals surface area contributed by atoms with Gasteiger partial charge in [-0.25, -0.2) is 0 Å². The maximum atomic E-state index is 12.4. The molecule has 2 saturated heterocycles. The maximum Gasteiger partial charge on any atom is 0.225 e. The van der Waals surface area contributed by atoms with Crippen LogP contribution in [0.3, 0.4) is 0 Å². The van der Waals surface area contributed by atoms with E-state index in [9.17, 15) is 4.79 Å². The predicted octanol–water partition coefficient (Wildman–Crippen LogP) is 3.29. The highest BCUT2D eigenvalue weighted by Gasteiger charge is 2.39. The van der Waals surface area contributed by atoms with E-state index in [-0.39, 0.29) is 11.7 Å². The van der Waals surface area contributed by atoms with Gasteiger partial charge in [-0.1, -0.05) is 32.0 Å². The molecule has 25 heavy (non-hydrogen) atoms. The molecule has 2 aliphatic rings. The summed E-state index contributed by atoms with van der Waals surface area (Å²) in [7, 11) is 0. The summed E-state index contributed by atoms with van der Waals surface area (Å²) >= 11 is 0. The maximum absolute atomic E-state index is 12.4. The lowest BCUT2D eigenvalue weighted by atomic mass is 9.98. The zero-order chi connectivity index (χ0) is 17.9. The Labute approximate surface area is 150 Å². The van der Waals surface area contributed by atoms with Gasteiger partial charge >= 0.3 is 0 Å². The van der Waals surface area contributed by atoms with Gasteiger partial charge in [0.15, 0.2) is 5.79 Å². The predicted molar refractivity (Wildman–Crippen MR) is 98.8 cm³/mol. The number of hydrogen-bond acceptors (Lipinski definition) is 4. The third-order valence-electron chi connectivity index (χ3n) is 5.28. The number of ether oxygens (including phenoxy) is 2. The first kappa shape index (κ1) is 18.4. The van der Waals surface area contributed by atoms with Crippen molar-refractivity contribution < 1.29 is 14.3 Å². The molecule has 0 atom stereocenters. The van der Waals surface area contributed by atoms with Gasteiger partial charge in [0.2, 0.25) is 5.91 Å². The van der Waals surface area contributed by atoms with E-state index in [0.29, 0.717) is 25.6 Å². The standard InChI is InChI=1S/C20H30N2O3/c1-15(2)17-6-4-5-16(3)19(17)21-18(23)7-10-22-11-8-20(9-12-22)24-13-14-25-20/h4-6,15H,7-14H2,1-3H3,(H,21,23). The van der Waals surface area contributed by atoms with Crippen LogP contribution in [0.5, 0.6) is 0 Å². The Morgan fingerprint density at radius 3 is 2.56 bits per heavy atom. The number of carbonyl (C=O) groups is 1. The quantitative estimate of drug-likeness (QED) is 0.889. The average molecular weight is 346 g/mol. The Morgan fingerprint density at radius 1 is 1.24 bits per heavy atom. The number of carbonyl (C=O) groups excluding carboxylic acids is 1. The van der Waals surface area contributed by atoms with Gasteiger partial charge in [-0.3, -0.25) is 4.79 Å². The van der Waals surface area contributed by atoms with E-state index >= 15 is 0 Å². The molecule has 5 heteroatoms. The second-order valence-electron chi connectivity index (χ2n) is 7.44. The molecule has 0 bridgehead atoms. The molecule has 1 aromatic rings. The van der Waals surface area contributed by atoms with E-state index < -0.39 is 0 Å². The summed E-state index contributed by atoms with van der Waals surface area (Å²) in [6.07, 6.45) is 2.30. The highest BCUT2D eigenvalue weighted by Crippen LogP contribution is 2.31. The zero-order valence-corrected chi connectivity index (χ0v) is 15.6. The monoisotopic (exact) mass is 346 g/mol. The van der Waals surface area contributed by atoms with E-state index in [0.717, 1.165) is 43.7 Å². The van der Waals surface area contributed by atoms with E-state index in [1.807, 2.05) is 13.0 Å². The van der Waals surface area contributed by atoms with Crippen molar-refractivity contribution in [3.05, 3.63) is 29.3 Å². The van der Waals surface area contributed by atoms with Gasteiger partial charge in [0, 0.05) is 44.6 Å². The van der Waals surface area contributed by atoms with Crippen LogP contribution < -0.4 is 5.32 Å². The Balaban J connectivity index is 1.49. The Morgan fingerprint density at radius 2 is 1.92 bits per heavy atom. The van der Waals surface area contributed by atoms with Crippen LogP contribution in [0, 0.1) is 6.92 Å². The number of hydrogen-bond donors (Lipinski definition) is 1. The number of rotatable bonds is 5. The lowest BCUT2D eigenvalue weighted by Gasteiger charge is -2.37. The second kappa shape index (κ2) is 7.85. The van der Waals surface area contributed by atoms with Crippen molar-refractivity contribution >= 4 is 11.6 Å². The Hall–Kier alpha value is -1.43. The number of aryl methyl sites for hydroxylation is 1. The van der Waals surface area contributed by atoms with E-state index in [2.05, 4.69) is 36.2 Å². The minimum atomic E-state index is -0.341. The molecule has 0 radical (unpaired) electrons. The largest absolute Gasteiger partial charge is 0.347 e. The van der Waals surface area contributed by atoms with Crippen LogP contribution in [0.2, 0.25) is 0 Å². The Bertz CT molecular complexity index is 599. The van der Waals surface area contributed by atoms with Gasteiger partial charge in [-0.15, -0.1) is 0 Å². The minimum Gasteiger partial charge on any atom is -0.347 e. The molecule has 1 N–H and O–H groups in total. The first-order chi connectivity index (χ1) is 12.0. The first-order valence-corrected chi connectivity index (χ1v) is 9.39. The topological polar surface area (TPSA) is 50.8 Å².